The maximum Gasteiger partial charge on any atom is 0.277 e. The molecule has 3 aromatic heterocycles. The quantitative estimate of drug-likeness (QED) is 0.735. The van der Waals surface area contributed by atoms with Crippen molar-refractivity contribution < 1.29 is 9.15 Å². The molecule has 0 aliphatic rings. The van der Waals surface area contributed by atoms with Gasteiger partial charge in [0.2, 0.25) is 5.89 Å². The van der Waals surface area contributed by atoms with E-state index in [2.05, 4.69) is 19.9 Å². The number of hydrogen-bond donors (Lipinski definition) is 1. The van der Waals surface area contributed by atoms with Crippen molar-refractivity contribution in [1.29, 1.82) is 0 Å². The molecule has 0 saturated heterocycles. The van der Waals surface area contributed by atoms with Gasteiger partial charge in [0.1, 0.15) is 12.0 Å². The summed E-state index contributed by atoms with van der Waals surface area (Å²) in [7, 11) is 0. The van der Waals surface area contributed by atoms with Crippen molar-refractivity contribution in [2.75, 3.05) is 0 Å². The van der Waals surface area contributed by atoms with Gasteiger partial charge in [-0.3, -0.25) is 4.79 Å². The SMILES string of the molecule is O=c1[nH]cnc2cc(OCc3ncco3)cnc12. The van der Waals surface area contributed by atoms with Crippen molar-refractivity contribution in [3.63, 3.8) is 0 Å². The molecule has 0 aliphatic heterocycles. The number of nitrogens with zero attached hydrogens (tertiary/aromatic N) is 3. The molecule has 3 aromatic rings. The lowest BCUT2D eigenvalue weighted by molar-refractivity contribution is 0.262. The van der Waals surface area contributed by atoms with Crippen molar-refractivity contribution >= 4 is 11.0 Å². The molecule has 0 fully saturated rings. The molecule has 0 spiro atoms. The van der Waals surface area contributed by atoms with E-state index in [1.807, 2.05) is 0 Å². The third kappa shape index (κ3) is 1.93. The van der Waals surface area contributed by atoms with E-state index >= 15 is 0 Å². The van der Waals surface area contributed by atoms with E-state index < -0.39 is 0 Å². The van der Waals surface area contributed by atoms with Crippen LogP contribution in [-0.2, 0) is 6.61 Å². The Balaban J connectivity index is 1.87. The number of aromatic nitrogens is 4. The lowest BCUT2D eigenvalue weighted by Gasteiger charge is -2.03. The maximum atomic E-state index is 11.4. The fourth-order valence-electron chi connectivity index (χ4n) is 1.49. The molecule has 3 rings (SSSR count). The predicted molar refractivity (Wildman–Crippen MR) is 61.0 cm³/mol. The van der Waals surface area contributed by atoms with E-state index in [0.29, 0.717) is 17.2 Å². The Labute approximate surface area is 100 Å². The van der Waals surface area contributed by atoms with Crippen LogP contribution < -0.4 is 10.3 Å². The molecular weight excluding hydrogens is 236 g/mol. The number of nitrogens with one attached hydrogen (secondary N) is 1. The van der Waals surface area contributed by atoms with Gasteiger partial charge < -0.3 is 14.1 Å². The normalized spacial score (nSPS) is 10.7. The first-order valence-electron chi connectivity index (χ1n) is 5.17. The number of rotatable bonds is 3. The van der Waals surface area contributed by atoms with Crippen LogP contribution in [-0.4, -0.2) is 19.9 Å². The Morgan fingerprint density at radius 3 is 3.11 bits per heavy atom. The highest BCUT2D eigenvalue weighted by molar-refractivity contribution is 5.73. The van der Waals surface area contributed by atoms with Crippen molar-refractivity contribution in [3.05, 3.63) is 47.3 Å². The summed E-state index contributed by atoms with van der Waals surface area (Å²) < 4.78 is 10.5. The predicted octanol–water partition coefficient (Wildman–Crippen LogP) is 0.885. The highest BCUT2D eigenvalue weighted by atomic mass is 16.5. The molecule has 7 heteroatoms. The van der Waals surface area contributed by atoms with Crippen molar-refractivity contribution in [1.82, 2.24) is 19.9 Å². The van der Waals surface area contributed by atoms with E-state index in [9.17, 15) is 4.79 Å². The van der Waals surface area contributed by atoms with Crippen LogP contribution in [0.25, 0.3) is 11.0 Å². The molecule has 7 nitrogen and oxygen atoms in total. The van der Waals surface area contributed by atoms with Crippen LogP contribution in [0.15, 0.2) is 40.3 Å². The molecule has 1 N–H and O–H groups in total. The highest BCUT2D eigenvalue weighted by Crippen LogP contribution is 2.14. The van der Waals surface area contributed by atoms with Gasteiger partial charge in [0.15, 0.2) is 12.1 Å². The van der Waals surface area contributed by atoms with Gasteiger partial charge in [0.05, 0.1) is 24.2 Å². The standard InChI is InChI=1S/C11H8N4O3/c16-11-10-8(14-6-15-11)3-7(4-13-10)18-5-9-12-1-2-17-9/h1-4,6H,5H2,(H,14,15,16). The molecule has 3 heterocycles. The Morgan fingerprint density at radius 1 is 1.33 bits per heavy atom. The Bertz CT molecular complexity index is 720. The average molecular weight is 244 g/mol. The Hall–Kier alpha value is -2.70. The summed E-state index contributed by atoms with van der Waals surface area (Å²) in [6.45, 7) is 0.198. The molecule has 0 amide bonds. The van der Waals surface area contributed by atoms with Crippen molar-refractivity contribution in [2.45, 2.75) is 6.61 Å². The van der Waals surface area contributed by atoms with Gasteiger partial charge in [-0.25, -0.2) is 15.0 Å². The Morgan fingerprint density at radius 2 is 2.28 bits per heavy atom. The van der Waals surface area contributed by atoms with Gasteiger partial charge in [-0.2, -0.15) is 0 Å². The lowest BCUT2D eigenvalue weighted by Crippen LogP contribution is -2.08. The number of H-pyrrole nitrogens is 1. The topological polar surface area (TPSA) is 93.9 Å². The molecular formula is C11H8N4O3. The van der Waals surface area contributed by atoms with Crippen LogP contribution in [0, 0.1) is 0 Å². The molecule has 0 atom stereocenters. The lowest BCUT2D eigenvalue weighted by atomic mass is 10.3. The van der Waals surface area contributed by atoms with Gasteiger partial charge in [-0.05, 0) is 0 Å². The minimum atomic E-state index is -0.278. The van der Waals surface area contributed by atoms with Crippen molar-refractivity contribution in [3.8, 4) is 5.75 Å². The third-order valence-electron chi connectivity index (χ3n) is 2.30. The zero-order valence-corrected chi connectivity index (χ0v) is 9.16. The zero-order valence-electron chi connectivity index (χ0n) is 9.16. The summed E-state index contributed by atoms with van der Waals surface area (Å²) in [5.41, 5.74) is 0.476. The van der Waals surface area contributed by atoms with E-state index in [0.717, 1.165) is 0 Å². The van der Waals surface area contributed by atoms with Gasteiger partial charge in [0.25, 0.3) is 5.56 Å². The van der Waals surface area contributed by atoms with Crippen LogP contribution in [0.3, 0.4) is 0 Å². The second-order valence-corrected chi connectivity index (χ2v) is 3.48. The number of hydrogen-bond acceptors (Lipinski definition) is 6. The first-order chi connectivity index (χ1) is 8.83. The minimum absolute atomic E-state index is 0.198. The number of pyridine rings is 1. The fraction of sp³-hybridized carbons (Fsp3) is 0.0909. The van der Waals surface area contributed by atoms with Crippen LogP contribution >= 0.6 is 0 Å². The molecule has 0 bridgehead atoms. The molecule has 0 unspecified atom stereocenters. The molecule has 0 aliphatic carbocycles. The van der Waals surface area contributed by atoms with E-state index in [4.69, 9.17) is 9.15 Å². The first-order valence-corrected chi connectivity index (χ1v) is 5.17. The van der Waals surface area contributed by atoms with Gasteiger partial charge >= 0.3 is 0 Å². The summed E-state index contributed by atoms with van der Waals surface area (Å²) in [6, 6.07) is 1.64. The second kappa shape index (κ2) is 4.28. The van der Waals surface area contributed by atoms with Crippen LogP contribution in [0.1, 0.15) is 5.89 Å². The van der Waals surface area contributed by atoms with E-state index in [1.54, 1.807) is 12.3 Å². The first kappa shape index (κ1) is 10.5. The summed E-state index contributed by atoms with van der Waals surface area (Å²) in [6.07, 6.45) is 5.79. The summed E-state index contributed by atoms with van der Waals surface area (Å²) in [5.74, 6) is 0.966. The number of fused-ring (bicyclic) bond motifs is 1. The molecule has 0 saturated carbocycles. The van der Waals surface area contributed by atoms with Crippen LogP contribution in [0.2, 0.25) is 0 Å². The van der Waals surface area contributed by atoms with Gasteiger partial charge in [-0.15, -0.1) is 0 Å². The minimum Gasteiger partial charge on any atom is -0.482 e. The van der Waals surface area contributed by atoms with Gasteiger partial charge in [-0.1, -0.05) is 0 Å². The van der Waals surface area contributed by atoms with E-state index in [-0.39, 0.29) is 17.7 Å². The molecule has 0 radical (unpaired) electrons. The van der Waals surface area contributed by atoms with Crippen molar-refractivity contribution in [2.24, 2.45) is 0 Å². The van der Waals surface area contributed by atoms with E-state index in [1.165, 1.54) is 18.8 Å². The maximum absolute atomic E-state index is 11.4. The number of aromatic amines is 1. The largest absolute Gasteiger partial charge is 0.482 e. The zero-order chi connectivity index (χ0) is 12.4. The van der Waals surface area contributed by atoms with Crippen LogP contribution in [0.4, 0.5) is 0 Å². The monoisotopic (exact) mass is 244 g/mol. The number of ether oxygens (including phenoxy) is 1. The Kier molecular flexibility index (Phi) is 2.49. The molecule has 18 heavy (non-hydrogen) atoms. The summed E-state index contributed by atoms with van der Waals surface area (Å²) >= 11 is 0. The highest BCUT2D eigenvalue weighted by Gasteiger charge is 2.04. The molecule has 0 aromatic carbocycles. The average Bonchev–Trinajstić information content (AvgIpc) is 2.90. The van der Waals surface area contributed by atoms with Crippen LogP contribution in [0.5, 0.6) is 5.75 Å². The second-order valence-electron chi connectivity index (χ2n) is 3.48. The number of oxazole rings is 1. The third-order valence-corrected chi connectivity index (χ3v) is 2.30. The molecule has 90 valence electrons. The fourth-order valence-corrected chi connectivity index (χ4v) is 1.49. The summed E-state index contributed by atoms with van der Waals surface area (Å²) in [5, 5.41) is 0. The van der Waals surface area contributed by atoms with Gasteiger partial charge in [0, 0.05) is 6.07 Å². The smallest absolute Gasteiger partial charge is 0.277 e. The summed E-state index contributed by atoms with van der Waals surface area (Å²) in [4.78, 5) is 25.8.